The number of amidine groups is 1. The number of nitrogens with two attached hydrogens (primary N) is 1. The van der Waals surface area contributed by atoms with Gasteiger partial charge in [-0.25, -0.2) is 0 Å². The molecule has 43 heavy (non-hydrogen) atoms. The SMILES string of the molecule is C[C@@H](NC(=O)[C@@H]1C[C@@H](OC(F)F)CN1C(=O)CNC(=O)c1ccc2c(c1)-c1ccccc1C2(F)F)C1CC(C(=N)N)=CS1. The van der Waals surface area contributed by atoms with Crippen LogP contribution in [0, 0.1) is 5.41 Å². The highest BCUT2D eigenvalue weighted by Gasteiger charge is 2.45. The van der Waals surface area contributed by atoms with Crippen LogP contribution in [0.4, 0.5) is 17.6 Å². The van der Waals surface area contributed by atoms with Gasteiger partial charge in [-0.05, 0) is 42.0 Å². The normalized spacial score (nSPS) is 22.5. The molecule has 5 rings (SSSR count). The molecule has 228 valence electrons. The van der Waals surface area contributed by atoms with E-state index in [0.29, 0.717) is 17.6 Å². The van der Waals surface area contributed by atoms with Crippen molar-refractivity contribution in [3.8, 4) is 11.1 Å². The molecule has 3 aliphatic rings. The molecular weight excluding hydrogens is 590 g/mol. The molecule has 2 heterocycles. The first-order chi connectivity index (χ1) is 20.4. The molecule has 2 aliphatic heterocycles. The summed E-state index contributed by atoms with van der Waals surface area (Å²) in [5, 5.41) is 14.5. The van der Waals surface area contributed by atoms with Gasteiger partial charge in [0.25, 0.3) is 11.8 Å². The van der Waals surface area contributed by atoms with E-state index in [4.69, 9.17) is 11.1 Å². The number of likely N-dealkylation sites (tertiary alicyclic amines) is 1. The van der Waals surface area contributed by atoms with Crippen LogP contribution in [-0.4, -0.2) is 71.6 Å². The van der Waals surface area contributed by atoms with E-state index in [1.807, 2.05) is 0 Å². The molecule has 2 aromatic rings. The molecule has 5 N–H and O–H groups in total. The maximum absolute atomic E-state index is 14.9. The number of hydrogen-bond acceptors (Lipinski definition) is 6. The van der Waals surface area contributed by atoms with Crippen molar-refractivity contribution in [2.75, 3.05) is 13.1 Å². The number of nitrogens with zero attached hydrogens (tertiary/aromatic N) is 1. The highest BCUT2D eigenvalue weighted by atomic mass is 32.2. The first-order valence-corrected chi connectivity index (χ1v) is 14.4. The number of benzene rings is 2. The van der Waals surface area contributed by atoms with Crippen molar-refractivity contribution in [1.29, 1.82) is 5.41 Å². The Hall–Kier alpha value is -3.91. The van der Waals surface area contributed by atoms with Gasteiger partial charge in [-0.1, -0.05) is 30.3 Å². The zero-order chi connectivity index (χ0) is 31.1. The molecular formula is C29H29F4N5O4S. The second-order valence-corrected chi connectivity index (χ2v) is 11.7. The summed E-state index contributed by atoms with van der Waals surface area (Å²) >= 11 is 1.41. The largest absolute Gasteiger partial charge is 0.384 e. The molecule has 1 aliphatic carbocycles. The third kappa shape index (κ3) is 6.11. The number of nitrogens with one attached hydrogen (secondary N) is 3. The van der Waals surface area contributed by atoms with Crippen molar-refractivity contribution in [2.45, 2.75) is 55.7 Å². The van der Waals surface area contributed by atoms with E-state index in [1.165, 1.54) is 42.1 Å². The molecule has 0 bridgehead atoms. The second kappa shape index (κ2) is 12.0. The van der Waals surface area contributed by atoms with E-state index in [0.717, 1.165) is 4.90 Å². The Labute approximate surface area is 248 Å². The molecule has 1 fully saturated rings. The van der Waals surface area contributed by atoms with Gasteiger partial charge < -0.3 is 26.0 Å². The highest BCUT2D eigenvalue weighted by Crippen LogP contribution is 2.50. The zero-order valence-electron chi connectivity index (χ0n) is 22.9. The van der Waals surface area contributed by atoms with Crippen LogP contribution in [0.15, 0.2) is 53.4 Å². The third-order valence-corrected chi connectivity index (χ3v) is 9.18. The lowest BCUT2D eigenvalue weighted by molar-refractivity contribution is -0.160. The summed E-state index contributed by atoms with van der Waals surface area (Å²) in [5.74, 6) is -5.24. The lowest BCUT2D eigenvalue weighted by Crippen LogP contribution is -2.52. The van der Waals surface area contributed by atoms with Crippen LogP contribution in [0.2, 0.25) is 0 Å². The van der Waals surface area contributed by atoms with Crippen molar-refractivity contribution >= 4 is 35.3 Å². The minimum absolute atomic E-state index is 0.0510. The molecule has 1 saturated heterocycles. The number of hydrogen-bond donors (Lipinski definition) is 4. The van der Waals surface area contributed by atoms with E-state index in [1.54, 1.807) is 24.5 Å². The van der Waals surface area contributed by atoms with Crippen LogP contribution in [0.5, 0.6) is 0 Å². The molecule has 0 radical (unpaired) electrons. The van der Waals surface area contributed by atoms with Crippen LogP contribution in [0.25, 0.3) is 11.1 Å². The molecule has 0 saturated carbocycles. The quantitative estimate of drug-likeness (QED) is 0.193. The van der Waals surface area contributed by atoms with Gasteiger partial charge in [-0.2, -0.15) is 17.6 Å². The van der Waals surface area contributed by atoms with E-state index >= 15 is 0 Å². The maximum Gasteiger partial charge on any atom is 0.345 e. The number of thioether (sulfide) groups is 1. The number of amides is 3. The minimum atomic E-state index is -3.21. The van der Waals surface area contributed by atoms with E-state index < -0.39 is 55.0 Å². The molecule has 3 amide bonds. The summed E-state index contributed by atoms with van der Waals surface area (Å²) in [7, 11) is 0. The number of carbonyl (C=O) groups excluding carboxylic acids is 3. The fourth-order valence-corrected chi connectivity index (χ4v) is 6.75. The number of halogens is 4. The van der Waals surface area contributed by atoms with Gasteiger partial charge in [0, 0.05) is 46.5 Å². The topological polar surface area (TPSA) is 138 Å². The van der Waals surface area contributed by atoms with Crippen LogP contribution >= 0.6 is 11.8 Å². The first kappa shape index (κ1) is 30.5. The Kier molecular flexibility index (Phi) is 8.52. The van der Waals surface area contributed by atoms with Gasteiger partial charge in [0.1, 0.15) is 11.9 Å². The number of rotatable bonds is 9. The van der Waals surface area contributed by atoms with Gasteiger partial charge in [0.2, 0.25) is 11.8 Å². The average Bonchev–Trinajstić information content (AvgIpc) is 3.68. The molecule has 14 heteroatoms. The monoisotopic (exact) mass is 619 g/mol. The fraction of sp³-hybridized carbons (Fsp3) is 0.379. The number of fused-ring (bicyclic) bond motifs is 3. The summed E-state index contributed by atoms with van der Waals surface area (Å²) in [6.07, 6.45) is -0.810. The fourth-order valence-electron chi connectivity index (χ4n) is 5.61. The predicted octanol–water partition coefficient (Wildman–Crippen LogP) is 3.58. The first-order valence-electron chi connectivity index (χ1n) is 13.5. The zero-order valence-corrected chi connectivity index (χ0v) is 23.7. The highest BCUT2D eigenvalue weighted by molar-refractivity contribution is 8.03. The van der Waals surface area contributed by atoms with Gasteiger partial charge in [-0.3, -0.25) is 19.8 Å². The van der Waals surface area contributed by atoms with Gasteiger partial charge in [-0.15, -0.1) is 11.8 Å². The Morgan fingerprint density at radius 2 is 1.88 bits per heavy atom. The molecule has 9 nitrogen and oxygen atoms in total. The Bertz CT molecular complexity index is 1500. The molecule has 2 aromatic carbocycles. The van der Waals surface area contributed by atoms with E-state index in [-0.39, 0.29) is 46.3 Å². The average molecular weight is 620 g/mol. The summed E-state index contributed by atoms with van der Waals surface area (Å²) in [5.41, 5.74) is 6.38. The summed E-state index contributed by atoms with van der Waals surface area (Å²) in [6.45, 7) is -2.20. The summed E-state index contributed by atoms with van der Waals surface area (Å²) in [4.78, 5) is 40.4. The van der Waals surface area contributed by atoms with Crippen molar-refractivity contribution < 1.29 is 36.7 Å². The lowest BCUT2D eigenvalue weighted by atomic mass is 10.0. The van der Waals surface area contributed by atoms with E-state index in [9.17, 15) is 31.9 Å². The molecule has 4 atom stereocenters. The Morgan fingerprint density at radius 3 is 2.58 bits per heavy atom. The van der Waals surface area contributed by atoms with Crippen LogP contribution < -0.4 is 16.4 Å². The molecule has 1 unspecified atom stereocenters. The molecule has 0 aromatic heterocycles. The summed E-state index contributed by atoms with van der Waals surface area (Å²) < 4.78 is 60.3. The van der Waals surface area contributed by atoms with Crippen molar-refractivity contribution in [1.82, 2.24) is 15.5 Å². The van der Waals surface area contributed by atoms with Crippen molar-refractivity contribution in [3.05, 3.63) is 70.1 Å². The number of carbonyl (C=O) groups is 3. The predicted molar refractivity (Wildman–Crippen MR) is 152 cm³/mol. The van der Waals surface area contributed by atoms with Gasteiger partial charge >= 0.3 is 6.61 Å². The smallest absolute Gasteiger partial charge is 0.345 e. The Balaban J connectivity index is 1.24. The standard InChI is InChI=1S/C29H29F4N5O4S/c1-14(23-9-16(13-43-23)25(34)35)37-27(41)22-10-17(42-28(30)31)12-38(22)24(39)11-36-26(40)15-6-7-21-19(8-15)18-4-2-3-5-20(18)29(21,32)33/h2-8,13-14,17,22-23,28H,9-12H2,1H3,(H3,34,35)(H,36,40)(H,37,41)/t14-,17-,22+,23?/m1/s1. The van der Waals surface area contributed by atoms with Crippen molar-refractivity contribution in [3.63, 3.8) is 0 Å². The van der Waals surface area contributed by atoms with E-state index in [2.05, 4.69) is 15.4 Å². The van der Waals surface area contributed by atoms with Crippen molar-refractivity contribution in [2.24, 2.45) is 5.73 Å². The van der Waals surface area contributed by atoms with Crippen LogP contribution in [-0.2, 0) is 20.2 Å². The second-order valence-electron chi connectivity index (χ2n) is 10.6. The minimum Gasteiger partial charge on any atom is -0.384 e. The van der Waals surface area contributed by atoms with Crippen LogP contribution in [0.3, 0.4) is 0 Å². The van der Waals surface area contributed by atoms with Gasteiger partial charge in [0.15, 0.2) is 0 Å². The van der Waals surface area contributed by atoms with Gasteiger partial charge in [0.05, 0.1) is 12.6 Å². The van der Waals surface area contributed by atoms with Crippen LogP contribution in [0.1, 0.15) is 41.3 Å². The molecule has 0 spiro atoms. The Morgan fingerprint density at radius 1 is 1.16 bits per heavy atom. The lowest BCUT2D eigenvalue weighted by Gasteiger charge is -2.27. The number of alkyl halides is 4. The maximum atomic E-state index is 14.9. The summed E-state index contributed by atoms with van der Waals surface area (Å²) in [6, 6.07) is 8.24. The third-order valence-electron chi connectivity index (χ3n) is 7.84. The number of ether oxygens (including phenoxy) is 1.